The second-order valence-corrected chi connectivity index (χ2v) is 9.73. The topological polar surface area (TPSA) is 49.4 Å². The third kappa shape index (κ3) is 8.34. The number of carbonyl (C=O) groups is 2. The number of carbonyl (C=O) groups excluding carboxylic acids is 2. The van der Waals surface area contributed by atoms with Crippen molar-refractivity contribution in [3.63, 3.8) is 0 Å². The molecule has 0 bridgehead atoms. The number of rotatable bonds is 12. The first-order chi connectivity index (χ1) is 15.3. The number of amides is 2. The Balaban J connectivity index is 2.12. The Labute approximate surface area is 206 Å². The fraction of sp³-hybridized carbons (Fsp3) is 0.440. The first-order valence-corrected chi connectivity index (χ1v) is 12.8. The molecule has 32 heavy (non-hydrogen) atoms. The number of nitrogens with zero attached hydrogens (tertiary/aromatic N) is 1. The predicted molar refractivity (Wildman–Crippen MR) is 136 cm³/mol. The van der Waals surface area contributed by atoms with E-state index in [-0.39, 0.29) is 11.8 Å². The maximum Gasteiger partial charge on any atom is 0.242 e. The van der Waals surface area contributed by atoms with Crippen LogP contribution in [0.15, 0.2) is 47.4 Å². The number of halogens is 2. The van der Waals surface area contributed by atoms with Crippen molar-refractivity contribution in [2.75, 3.05) is 12.3 Å². The summed E-state index contributed by atoms with van der Waals surface area (Å²) in [5.74, 6) is 0.488. The highest BCUT2D eigenvalue weighted by molar-refractivity contribution is 7.99. The summed E-state index contributed by atoms with van der Waals surface area (Å²) in [6.07, 6.45) is 2.80. The molecule has 2 amide bonds. The van der Waals surface area contributed by atoms with Gasteiger partial charge in [0.2, 0.25) is 11.8 Å². The molecular weight excluding hydrogens is 463 g/mol. The number of aryl methyl sites for hydroxylation is 1. The van der Waals surface area contributed by atoms with Gasteiger partial charge in [0.05, 0.1) is 10.0 Å². The van der Waals surface area contributed by atoms with Gasteiger partial charge in [0.25, 0.3) is 0 Å². The average Bonchev–Trinajstić information content (AvgIpc) is 2.77. The van der Waals surface area contributed by atoms with Crippen LogP contribution in [0.3, 0.4) is 0 Å². The second-order valence-electron chi connectivity index (χ2n) is 7.75. The van der Waals surface area contributed by atoms with Crippen molar-refractivity contribution in [3.8, 4) is 0 Å². The Morgan fingerprint density at radius 1 is 1.06 bits per heavy atom. The van der Waals surface area contributed by atoms with Crippen LogP contribution >= 0.6 is 35.0 Å². The third-order valence-electron chi connectivity index (χ3n) is 5.16. The molecule has 1 atom stereocenters. The largest absolute Gasteiger partial charge is 0.354 e. The summed E-state index contributed by atoms with van der Waals surface area (Å²) in [7, 11) is 0. The van der Waals surface area contributed by atoms with Crippen LogP contribution in [0.1, 0.15) is 50.7 Å². The Morgan fingerprint density at radius 3 is 2.41 bits per heavy atom. The summed E-state index contributed by atoms with van der Waals surface area (Å²) in [6.45, 7) is 6.99. The summed E-state index contributed by atoms with van der Waals surface area (Å²) in [4.78, 5) is 28.9. The van der Waals surface area contributed by atoms with Gasteiger partial charge in [0.1, 0.15) is 6.04 Å². The Bertz CT molecular complexity index is 890. The molecule has 0 saturated heterocycles. The van der Waals surface area contributed by atoms with Gasteiger partial charge in [0.15, 0.2) is 0 Å². The van der Waals surface area contributed by atoms with Gasteiger partial charge in [0, 0.05) is 30.2 Å². The van der Waals surface area contributed by atoms with E-state index in [4.69, 9.17) is 23.2 Å². The molecule has 2 aromatic carbocycles. The van der Waals surface area contributed by atoms with E-state index in [1.54, 1.807) is 28.8 Å². The quantitative estimate of drug-likeness (QED) is 0.270. The van der Waals surface area contributed by atoms with Crippen molar-refractivity contribution < 1.29 is 9.59 Å². The van der Waals surface area contributed by atoms with Gasteiger partial charge in [-0.25, -0.2) is 0 Å². The molecule has 1 N–H and O–H groups in total. The molecule has 0 aliphatic rings. The van der Waals surface area contributed by atoms with Gasteiger partial charge in [-0.3, -0.25) is 9.59 Å². The van der Waals surface area contributed by atoms with Gasteiger partial charge in [-0.1, -0.05) is 67.2 Å². The van der Waals surface area contributed by atoms with Crippen LogP contribution in [0, 0.1) is 6.92 Å². The zero-order valence-electron chi connectivity index (χ0n) is 19.0. The minimum Gasteiger partial charge on any atom is -0.354 e. The first kappa shape index (κ1) is 26.6. The fourth-order valence-corrected chi connectivity index (χ4v) is 4.46. The van der Waals surface area contributed by atoms with E-state index in [0.29, 0.717) is 41.7 Å². The normalized spacial score (nSPS) is 11.8. The molecule has 0 fully saturated rings. The lowest BCUT2D eigenvalue weighted by molar-refractivity contribution is -0.141. The van der Waals surface area contributed by atoms with E-state index < -0.39 is 6.04 Å². The van der Waals surface area contributed by atoms with Crippen LogP contribution in [0.4, 0.5) is 0 Å². The van der Waals surface area contributed by atoms with Gasteiger partial charge in [-0.15, -0.1) is 11.8 Å². The molecule has 0 unspecified atom stereocenters. The maximum atomic E-state index is 13.3. The smallest absolute Gasteiger partial charge is 0.242 e. The van der Waals surface area contributed by atoms with Crippen LogP contribution in [0.2, 0.25) is 10.0 Å². The summed E-state index contributed by atoms with van der Waals surface area (Å²) < 4.78 is 0. The Kier molecular flexibility index (Phi) is 11.4. The summed E-state index contributed by atoms with van der Waals surface area (Å²) in [6, 6.07) is 13.0. The lowest BCUT2D eigenvalue weighted by Crippen LogP contribution is -2.49. The second kappa shape index (κ2) is 13.8. The van der Waals surface area contributed by atoms with Gasteiger partial charge < -0.3 is 10.2 Å². The fourth-order valence-electron chi connectivity index (χ4n) is 3.29. The maximum absolute atomic E-state index is 13.3. The monoisotopic (exact) mass is 494 g/mol. The van der Waals surface area contributed by atoms with E-state index in [1.165, 1.54) is 5.56 Å². The highest BCUT2D eigenvalue weighted by atomic mass is 35.5. The Morgan fingerprint density at radius 2 is 1.78 bits per heavy atom. The molecule has 0 heterocycles. The van der Waals surface area contributed by atoms with E-state index in [1.807, 2.05) is 13.0 Å². The molecule has 4 nitrogen and oxygen atoms in total. The number of nitrogens with one attached hydrogen (secondary N) is 1. The predicted octanol–water partition coefficient (Wildman–Crippen LogP) is 6.51. The third-order valence-corrected chi connectivity index (χ3v) is 6.91. The molecule has 174 valence electrons. The number of hydrogen-bond acceptors (Lipinski definition) is 3. The molecule has 0 aliphatic heterocycles. The van der Waals surface area contributed by atoms with Crippen molar-refractivity contribution in [1.29, 1.82) is 0 Å². The molecule has 0 aromatic heterocycles. The zero-order valence-corrected chi connectivity index (χ0v) is 21.3. The lowest BCUT2D eigenvalue weighted by Gasteiger charge is -2.31. The van der Waals surface area contributed by atoms with Crippen molar-refractivity contribution >= 4 is 46.8 Å². The van der Waals surface area contributed by atoms with E-state index in [2.05, 4.69) is 43.4 Å². The zero-order chi connectivity index (χ0) is 23.5. The summed E-state index contributed by atoms with van der Waals surface area (Å²) in [5, 5.41) is 3.88. The molecule has 0 saturated carbocycles. The standard InChI is InChI=1S/C25H32Cl2N2O2S/c1-4-6-14-28-25(31)23(5-2)29(17-19-9-12-21(26)22(27)16-19)24(30)13-15-32-20-10-7-18(3)8-11-20/h7-12,16,23H,4-6,13-15,17H2,1-3H3,(H,28,31)/t23-/m0/s1. The molecule has 2 rings (SSSR count). The van der Waals surface area contributed by atoms with Crippen LogP contribution in [0.25, 0.3) is 0 Å². The van der Waals surface area contributed by atoms with E-state index >= 15 is 0 Å². The minimum absolute atomic E-state index is 0.0480. The highest BCUT2D eigenvalue weighted by Gasteiger charge is 2.28. The van der Waals surface area contributed by atoms with E-state index in [0.717, 1.165) is 23.3 Å². The van der Waals surface area contributed by atoms with Crippen molar-refractivity contribution in [2.24, 2.45) is 0 Å². The summed E-state index contributed by atoms with van der Waals surface area (Å²) in [5.41, 5.74) is 2.05. The van der Waals surface area contributed by atoms with Gasteiger partial charge >= 0.3 is 0 Å². The number of unbranched alkanes of at least 4 members (excludes halogenated alkanes) is 1. The van der Waals surface area contributed by atoms with Crippen LogP contribution in [-0.4, -0.2) is 35.1 Å². The molecule has 7 heteroatoms. The van der Waals surface area contributed by atoms with Crippen LogP contribution in [-0.2, 0) is 16.1 Å². The molecule has 0 spiro atoms. The first-order valence-electron chi connectivity index (χ1n) is 11.1. The molecule has 0 radical (unpaired) electrons. The number of thioether (sulfide) groups is 1. The molecular formula is C25H32Cl2N2O2S. The Hall–Kier alpha value is -1.69. The van der Waals surface area contributed by atoms with Gasteiger partial charge in [-0.2, -0.15) is 0 Å². The minimum atomic E-state index is -0.529. The van der Waals surface area contributed by atoms with Crippen molar-refractivity contribution in [2.45, 2.75) is 63.9 Å². The van der Waals surface area contributed by atoms with Gasteiger partial charge in [-0.05, 0) is 49.6 Å². The number of hydrogen-bond donors (Lipinski definition) is 1. The van der Waals surface area contributed by atoms with Crippen LogP contribution < -0.4 is 5.32 Å². The average molecular weight is 496 g/mol. The van der Waals surface area contributed by atoms with Crippen LogP contribution in [0.5, 0.6) is 0 Å². The highest BCUT2D eigenvalue weighted by Crippen LogP contribution is 2.25. The van der Waals surface area contributed by atoms with Crippen molar-refractivity contribution in [1.82, 2.24) is 10.2 Å². The summed E-state index contributed by atoms with van der Waals surface area (Å²) >= 11 is 13.9. The molecule has 0 aliphatic carbocycles. The van der Waals surface area contributed by atoms with E-state index in [9.17, 15) is 9.59 Å². The SMILES string of the molecule is CCCCNC(=O)[C@H](CC)N(Cc1ccc(Cl)c(Cl)c1)C(=O)CCSc1ccc(C)cc1. The number of benzene rings is 2. The lowest BCUT2D eigenvalue weighted by atomic mass is 10.1. The van der Waals surface area contributed by atoms with Crippen molar-refractivity contribution in [3.05, 3.63) is 63.6 Å². The molecule has 2 aromatic rings.